The maximum Gasteiger partial charge on any atom is 0.255 e. The lowest BCUT2D eigenvalue weighted by Crippen LogP contribution is -2.45. The second-order valence-corrected chi connectivity index (χ2v) is 12.8. The first-order valence-corrected chi connectivity index (χ1v) is 16.0. The lowest BCUT2D eigenvalue weighted by Gasteiger charge is -2.26. The standard InChI is InChI=1S/C33H41ClN8O3/c1-20(22-7-11-35-29(16-22)41-12-8-26(19-41)40(3)4)37-31(43)21(2)42-18-24-6-5-23(15-27(24)32(42)44)30-28(34)17-36-33(39-30)38-25-9-13-45-14-10-25/h5-7,11,15-17,20-21,25-26H,8-10,12-14,18-19H2,1-4H3,(H,37,43)(H,36,38,39)/t20-,21-,26-/m1/s1. The van der Waals surface area contributed by atoms with Crippen molar-refractivity contribution in [2.75, 3.05) is 50.6 Å². The van der Waals surface area contributed by atoms with Crippen molar-refractivity contribution >= 4 is 35.2 Å². The molecule has 3 atom stereocenters. The van der Waals surface area contributed by atoms with Crippen LogP contribution in [0.4, 0.5) is 11.8 Å². The minimum Gasteiger partial charge on any atom is -0.381 e. The summed E-state index contributed by atoms with van der Waals surface area (Å²) in [5.74, 6) is 1.01. The molecule has 2 fully saturated rings. The van der Waals surface area contributed by atoms with Crippen molar-refractivity contribution in [2.45, 2.75) is 63.8 Å². The molecule has 0 radical (unpaired) electrons. The van der Waals surface area contributed by atoms with Crippen molar-refractivity contribution in [1.29, 1.82) is 0 Å². The van der Waals surface area contributed by atoms with Gasteiger partial charge in [0, 0.05) is 62.3 Å². The fourth-order valence-corrected chi connectivity index (χ4v) is 6.45. The summed E-state index contributed by atoms with van der Waals surface area (Å²) in [5.41, 5.74) is 3.66. The van der Waals surface area contributed by atoms with Crippen LogP contribution in [0.1, 0.15) is 60.6 Å². The summed E-state index contributed by atoms with van der Waals surface area (Å²) in [5, 5.41) is 6.89. The Bertz CT molecular complexity index is 1560. The van der Waals surface area contributed by atoms with E-state index in [1.54, 1.807) is 24.2 Å². The van der Waals surface area contributed by atoms with E-state index in [9.17, 15) is 9.59 Å². The summed E-state index contributed by atoms with van der Waals surface area (Å²) in [7, 11) is 4.21. The van der Waals surface area contributed by atoms with Crippen LogP contribution in [0.5, 0.6) is 0 Å². The van der Waals surface area contributed by atoms with E-state index in [0.717, 1.165) is 54.9 Å². The smallest absolute Gasteiger partial charge is 0.255 e. The lowest BCUT2D eigenvalue weighted by atomic mass is 10.0. The van der Waals surface area contributed by atoms with Gasteiger partial charge in [-0.25, -0.2) is 15.0 Å². The Labute approximate surface area is 269 Å². The van der Waals surface area contributed by atoms with Crippen molar-refractivity contribution in [2.24, 2.45) is 0 Å². The molecule has 12 heteroatoms. The number of amides is 2. The second-order valence-electron chi connectivity index (χ2n) is 12.4. The number of likely N-dealkylation sites (N-methyl/N-ethyl adjacent to an activating group) is 1. The molecule has 3 aliphatic rings. The van der Waals surface area contributed by atoms with Crippen LogP contribution in [0, 0.1) is 0 Å². The molecule has 1 aromatic carbocycles. The Morgan fingerprint density at radius 1 is 1.11 bits per heavy atom. The van der Waals surface area contributed by atoms with Crippen LogP contribution in [-0.2, 0) is 16.1 Å². The highest BCUT2D eigenvalue weighted by molar-refractivity contribution is 6.33. The van der Waals surface area contributed by atoms with Crippen LogP contribution in [0.25, 0.3) is 11.3 Å². The van der Waals surface area contributed by atoms with E-state index in [4.69, 9.17) is 16.3 Å². The molecule has 45 heavy (non-hydrogen) atoms. The highest BCUT2D eigenvalue weighted by atomic mass is 35.5. The molecule has 2 amide bonds. The number of fused-ring (bicyclic) bond motifs is 1. The van der Waals surface area contributed by atoms with E-state index < -0.39 is 6.04 Å². The van der Waals surface area contributed by atoms with Crippen LogP contribution in [0.3, 0.4) is 0 Å². The monoisotopic (exact) mass is 632 g/mol. The number of pyridine rings is 1. The van der Waals surface area contributed by atoms with Crippen molar-refractivity contribution in [3.05, 3.63) is 64.4 Å². The van der Waals surface area contributed by atoms with E-state index in [2.05, 4.69) is 55.5 Å². The first-order chi connectivity index (χ1) is 21.7. The largest absolute Gasteiger partial charge is 0.381 e. The molecule has 3 aromatic rings. The topological polar surface area (TPSA) is 116 Å². The maximum absolute atomic E-state index is 13.6. The van der Waals surface area contributed by atoms with Crippen molar-refractivity contribution in [3.8, 4) is 11.3 Å². The van der Waals surface area contributed by atoms with Crippen LogP contribution >= 0.6 is 11.6 Å². The third-order valence-corrected chi connectivity index (χ3v) is 9.48. The van der Waals surface area contributed by atoms with Crippen LogP contribution in [0.15, 0.2) is 42.7 Å². The third-order valence-electron chi connectivity index (χ3n) is 9.21. The molecule has 6 rings (SSSR count). The zero-order valence-electron chi connectivity index (χ0n) is 26.3. The summed E-state index contributed by atoms with van der Waals surface area (Å²) in [4.78, 5) is 46.8. The average Bonchev–Trinajstić information content (AvgIpc) is 3.67. The van der Waals surface area contributed by atoms with E-state index in [-0.39, 0.29) is 23.9 Å². The molecule has 0 spiro atoms. The molecule has 0 bridgehead atoms. The predicted molar refractivity (Wildman–Crippen MR) is 174 cm³/mol. The third kappa shape index (κ3) is 6.75. The number of aromatic nitrogens is 3. The Kier molecular flexibility index (Phi) is 9.21. The van der Waals surface area contributed by atoms with Gasteiger partial charge in [-0.15, -0.1) is 0 Å². The number of benzene rings is 1. The Hall–Kier alpha value is -3.80. The molecule has 2 aromatic heterocycles. The quantitative estimate of drug-likeness (QED) is 0.359. The summed E-state index contributed by atoms with van der Waals surface area (Å²) in [6.07, 6.45) is 6.24. The summed E-state index contributed by atoms with van der Waals surface area (Å²) in [6.45, 7) is 7.38. The molecule has 238 valence electrons. The van der Waals surface area contributed by atoms with Crippen molar-refractivity contribution in [3.63, 3.8) is 0 Å². The van der Waals surface area contributed by atoms with Crippen LogP contribution in [0.2, 0.25) is 5.02 Å². The van der Waals surface area contributed by atoms with Gasteiger partial charge in [0.05, 0.1) is 23.0 Å². The summed E-state index contributed by atoms with van der Waals surface area (Å²) in [6, 6.07) is 9.46. The lowest BCUT2D eigenvalue weighted by molar-refractivity contribution is -0.125. The SMILES string of the molecule is C[C@H](C(=O)N[C@H](C)c1ccnc(N2CC[C@@H](N(C)C)C2)c1)N1Cc2ccc(-c3nc(NC4CCOCC4)ncc3Cl)cc2C1=O. The van der Waals surface area contributed by atoms with Gasteiger partial charge in [0.25, 0.3) is 5.91 Å². The highest BCUT2D eigenvalue weighted by Crippen LogP contribution is 2.33. The first-order valence-electron chi connectivity index (χ1n) is 15.7. The van der Waals surface area contributed by atoms with Gasteiger partial charge < -0.3 is 30.1 Å². The number of nitrogens with zero attached hydrogens (tertiary/aromatic N) is 6. The minimum absolute atomic E-state index is 0.191. The molecule has 5 heterocycles. The van der Waals surface area contributed by atoms with E-state index in [1.165, 1.54) is 0 Å². The Morgan fingerprint density at radius 2 is 1.91 bits per heavy atom. The Balaban J connectivity index is 1.11. The zero-order valence-corrected chi connectivity index (χ0v) is 27.0. The normalized spacial score (nSPS) is 20.0. The van der Waals surface area contributed by atoms with Crippen LogP contribution < -0.4 is 15.5 Å². The molecule has 2 N–H and O–H groups in total. The number of nitrogens with one attached hydrogen (secondary N) is 2. The minimum atomic E-state index is -0.658. The van der Waals surface area contributed by atoms with Gasteiger partial charge in [-0.1, -0.05) is 23.7 Å². The fraction of sp³-hybridized carbons (Fsp3) is 0.485. The van der Waals surface area contributed by atoms with Gasteiger partial charge in [-0.3, -0.25) is 9.59 Å². The highest BCUT2D eigenvalue weighted by Gasteiger charge is 2.35. The molecular formula is C33H41ClN8O3. The zero-order chi connectivity index (χ0) is 31.7. The molecule has 0 unspecified atom stereocenters. The summed E-state index contributed by atoms with van der Waals surface area (Å²) < 4.78 is 5.44. The van der Waals surface area contributed by atoms with Gasteiger partial charge in [0.15, 0.2) is 0 Å². The van der Waals surface area contributed by atoms with Gasteiger partial charge in [-0.05, 0) is 76.5 Å². The number of halogens is 1. The average molecular weight is 633 g/mol. The van der Waals surface area contributed by atoms with Crippen molar-refractivity contribution < 1.29 is 14.3 Å². The molecule has 11 nitrogen and oxygen atoms in total. The second kappa shape index (κ2) is 13.3. The number of carbonyl (C=O) groups excluding carboxylic acids is 2. The maximum atomic E-state index is 13.6. The molecule has 0 aliphatic carbocycles. The number of hydrogen-bond donors (Lipinski definition) is 2. The van der Waals surface area contributed by atoms with Crippen LogP contribution in [-0.4, -0.2) is 95.1 Å². The van der Waals surface area contributed by atoms with E-state index in [1.807, 2.05) is 31.2 Å². The van der Waals surface area contributed by atoms with Gasteiger partial charge in [-0.2, -0.15) is 0 Å². The van der Waals surface area contributed by atoms with Gasteiger partial charge >= 0.3 is 0 Å². The molecule has 0 saturated carbocycles. The Morgan fingerprint density at radius 3 is 2.67 bits per heavy atom. The first kappa shape index (κ1) is 31.2. The van der Waals surface area contributed by atoms with E-state index in [0.29, 0.717) is 48.0 Å². The number of anilines is 2. The summed E-state index contributed by atoms with van der Waals surface area (Å²) >= 11 is 6.52. The fourth-order valence-electron chi connectivity index (χ4n) is 6.25. The molecule has 3 aliphatic heterocycles. The number of ether oxygens (including phenoxy) is 1. The molecule has 2 saturated heterocycles. The number of rotatable bonds is 9. The number of hydrogen-bond acceptors (Lipinski definition) is 9. The molecular weight excluding hydrogens is 592 g/mol. The van der Waals surface area contributed by atoms with Gasteiger partial charge in [0.2, 0.25) is 11.9 Å². The van der Waals surface area contributed by atoms with Gasteiger partial charge in [0.1, 0.15) is 11.9 Å². The predicted octanol–water partition coefficient (Wildman–Crippen LogP) is 4.14. The number of carbonyl (C=O) groups is 2. The van der Waals surface area contributed by atoms with Crippen molar-refractivity contribution in [1.82, 2.24) is 30.1 Å². The van der Waals surface area contributed by atoms with E-state index >= 15 is 0 Å².